The Morgan fingerprint density at radius 3 is 2.58 bits per heavy atom. The summed E-state index contributed by atoms with van der Waals surface area (Å²) in [5.74, 6) is 0. The van der Waals surface area contributed by atoms with Crippen molar-refractivity contribution < 1.29 is 0 Å². The number of rotatable bonds is 1. The molecule has 2 aromatic heterocycles. The summed E-state index contributed by atoms with van der Waals surface area (Å²) in [4.78, 5) is 2.44. The first-order chi connectivity index (χ1) is 5.77. The first kappa shape index (κ1) is 7.89. The van der Waals surface area contributed by atoms with Gasteiger partial charge >= 0.3 is 0 Å². The van der Waals surface area contributed by atoms with Gasteiger partial charge in [0.25, 0.3) is 0 Å². The van der Waals surface area contributed by atoms with E-state index in [-0.39, 0.29) is 0 Å². The molecular formula is C8H8N2S2. The summed E-state index contributed by atoms with van der Waals surface area (Å²) in [5.41, 5.74) is 2.28. The molecule has 2 heterocycles. The first-order valence-electron chi connectivity index (χ1n) is 3.62. The van der Waals surface area contributed by atoms with Crippen molar-refractivity contribution in [2.24, 2.45) is 0 Å². The maximum atomic E-state index is 4.33. The standard InChI is InChI=1S/C8H8N2S2/c1-5-4-9-12-8(5)7-3-6(2)11-10-7/h3-4H,1-2H3. The van der Waals surface area contributed by atoms with Crippen LogP contribution in [0.1, 0.15) is 10.4 Å². The molecule has 0 saturated carbocycles. The molecule has 2 rings (SSSR count). The van der Waals surface area contributed by atoms with Crippen molar-refractivity contribution in [1.29, 1.82) is 0 Å². The van der Waals surface area contributed by atoms with Crippen LogP contribution in [0.3, 0.4) is 0 Å². The fourth-order valence-electron chi connectivity index (χ4n) is 1.01. The van der Waals surface area contributed by atoms with Crippen LogP contribution in [0.4, 0.5) is 0 Å². The average molecular weight is 196 g/mol. The molecule has 0 aliphatic heterocycles. The van der Waals surface area contributed by atoms with Crippen LogP contribution in [0.5, 0.6) is 0 Å². The molecule has 0 fully saturated rings. The highest BCUT2D eigenvalue weighted by Crippen LogP contribution is 2.27. The highest BCUT2D eigenvalue weighted by Gasteiger charge is 2.06. The second-order valence-electron chi connectivity index (χ2n) is 2.66. The second kappa shape index (κ2) is 2.95. The third-order valence-corrected chi connectivity index (χ3v) is 3.23. The molecular weight excluding hydrogens is 188 g/mol. The fourth-order valence-corrected chi connectivity index (χ4v) is 2.33. The van der Waals surface area contributed by atoms with E-state index in [1.165, 1.54) is 26.9 Å². The molecule has 0 bridgehead atoms. The summed E-state index contributed by atoms with van der Waals surface area (Å²) in [6.07, 6.45) is 1.88. The van der Waals surface area contributed by atoms with Gasteiger partial charge in [-0.05, 0) is 48.5 Å². The maximum absolute atomic E-state index is 4.33. The molecule has 0 aliphatic carbocycles. The summed E-state index contributed by atoms with van der Waals surface area (Å²) in [5, 5.41) is 0. The quantitative estimate of drug-likeness (QED) is 0.701. The summed E-state index contributed by atoms with van der Waals surface area (Å²) >= 11 is 3.05. The van der Waals surface area contributed by atoms with Crippen molar-refractivity contribution in [2.45, 2.75) is 13.8 Å². The topological polar surface area (TPSA) is 25.8 Å². The van der Waals surface area contributed by atoms with E-state index in [9.17, 15) is 0 Å². The number of nitrogens with zero attached hydrogens (tertiary/aromatic N) is 2. The predicted octanol–water partition coefficient (Wildman–Crippen LogP) is 2.88. The number of hydrogen-bond acceptors (Lipinski definition) is 4. The fraction of sp³-hybridized carbons (Fsp3) is 0.250. The lowest BCUT2D eigenvalue weighted by Gasteiger charge is -1.88. The van der Waals surface area contributed by atoms with Gasteiger partial charge in [-0.2, -0.15) is 4.37 Å². The van der Waals surface area contributed by atoms with Crippen molar-refractivity contribution in [1.82, 2.24) is 8.75 Å². The van der Waals surface area contributed by atoms with Crippen molar-refractivity contribution in [3.05, 3.63) is 22.7 Å². The van der Waals surface area contributed by atoms with Crippen LogP contribution in [0, 0.1) is 13.8 Å². The summed E-state index contributed by atoms with van der Waals surface area (Å²) in [6.45, 7) is 4.13. The Bertz CT molecular complexity index is 389. The lowest BCUT2D eigenvalue weighted by atomic mass is 10.2. The van der Waals surface area contributed by atoms with Crippen LogP contribution < -0.4 is 0 Å². The van der Waals surface area contributed by atoms with E-state index < -0.39 is 0 Å². The molecule has 0 atom stereocenters. The van der Waals surface area contributed by atoms with E-state index in [1.54, 1.807) is 11.5 Å². The van der Waals surface area contributed by atoms with Gasteiger partial charge in [0.2, 0.25) is 0 Å². The average Bonchev–Trinajstić information content (AvgIpc) is 2.58. The molecule has 0 saturated heterocycles. The van der Waals surface area contributed by atoms with Gasteiger partial charge in [0, 0.05) is 11.1 Å². The smallest absolute Gasteiger partial charge is 0.0961 e. The van der Waals surface area contributed by atoms with Crippen LogP contribution in [0.2, 0.25) is 0 Å². The SMILES string of the molecule is Cc1cc(-c2sncc2C)ns1. The maximum Gasteiger partial charge on any atom is 0.0961 e. The van der Waals surface area contributed by atoms with Crippen LogP contribution in [0.15, 0.2) is 12.3 Å². The lowest BCUT2D eigenvalue weighted by Crippen LogP contribution is -1.72. The Labute approximate surface area is 79.2 Å². The molecule has 0 aliphatic rings. The van der Waals surface area contributed by atoms with E-state index >= 15 is 0 Å². The van der Waals surface area contributed by atoms with E-state index in [4.69, 9.17) is 0 Å². The molecule has 0 aromatic carbocycles. The molecule has 0 unspecified atom stereocenters. The van der Waals surface area contributed by atoms with Gasteiger partial charge in [-0.1, -0.05) is 0 Å². The lowest BCUT2D eigenvalue weighted by molar-refractivity contribution is 1.44. The monoisotopic (exact) mass is 196 g/mol. The summed E-state index contributed by atoms with van der Waals surface area (Å²) < 4.78 is 8.44. The van der Waals surface area contributed by atoms with E-state index in [0.717, 1.165) is 5.69 Å². The molecule has 0 radical (unpaired) electrons. The number of aryl methyl sites for hydroxylation is 2. The van der Waals surface area contributed by atoms with Gasteiger partial charge in [0.05, 0.1) is 10.6 Å². The highest BCUT2D eigenvalue weighted by molar-refractivity contribution is 7.10. The van der Waals surface area contributed by atoms with Crippen molar-refractivity contribution in [3.63, 3.8) is 0 Å². The molecule has 4 heteroatoms. The molecule has 2 aromatic rings. The third-order valence-electron chi connectivity index (χ3n) is 1.61. The summed E-state index contributed by atoms with van der Waals surface area (Å²) in [7, 11) is 0. The molecule has 0 amide bonds. The van der Waals surface area contributed by atoms with Crippen LogP contribution in [-0.4, -0.2) is 8.75 Å². The normalized spacial score (nSPS) is 10.5. The van der Waals surface area contributed by atoms with Crippen LogP contribution >= 0.6 is 23.1 Å². The molecule has 12 heavy (non-hydrogen) atoms. The summed E-state index contributed by atoms with van der Waals surface area (Å²) in [6, 6.07) is 2.10. The second-order valence-corrected chi connectivity index (χ2v) is 4.47. The van der Waals surface area contributed by atoms with Gasteiger partial charge in [-0.25, -0.2) is 4.37 Å². The van der Waals surface area contributed by atoms with Crippen molar-refractivity contribution in [2.75, 3.05) is 0 Å². The Balaban J connectivity index is 2.50. The van der Waals surface area contributed by atoms with E-state index in [1.807, 2.05) is 6.20 Å². The molecule has 2 nitrogen and oxygen atoms in total. The Morgan fingerprint density at radius 2 is 2.08 bits per heavy atom. The first-order valence-corrected chi connectivity index (χ1v) is 5.17. The van der Waals surface area contributed by atoms with Gasteiger partial charge in [-0.3, -0.25) is 0 Å². The third kappa shape index (κ3) is 1.28. The van der Waals surface area contributed by atoms with Gasteiger partial charge in [0.15, 0.2) is 0 Å². The molecule has 62 valence electrons. The minimum absolute atomic E-state index is 1.07. The Kier molecular flexibility index (Phi) is 1.94. The molecule has 0 N–H and O–H groups in total. The predicted molar refractivity (Wildman–Crippen MR) is 52.7 cm³/mol. The minimum Gasteiger partial charge on any atom is -0.200 e. The van der Waals surface area contributed by atoms with Crippen LogP contribution in [-0.2, 0) is 0 Å². The molecule has 0 spiro atoms. The Hall–Kier alpha value is -0.740. The van der Waals surface area contributed by atoms with Gasteiger partial charge in [-0.15, -0.1) is 0 Å². The highest BCUT2D eigenvalue weighted by atomic mass is 32.1. The zero-order valence-corrected chi connectivity index (χ0v) is 8.50. The van der Waals surface area contributed by atoms with Crippen LogP contribution in [0.25, 0.3) is 10.6 Å². The zero-order valence-electron chi connectivity index (χ0n) is 6.87. The van der Waals surface area contributed by atoms with Crippen molar-refractivity contribution in [3.8, 4) is 10.6 Å². The van der Waals surface area contributed by atoms with Crippen molar-refractivity contribution >= 4 is 23.1 Å². The minimum atomic E-state index is 1.07. The number of aromatic nitrogens is 2. The number of hydrogen-bond donors (Lipinski definition) is 0. The van der Waals surface area contributed by atoms with E-state index in [0.29, 0.717) is 0 Å². The largest absolute Gasteiger partial charge is 0.200 e. The zero-order chi connectivity index (χ0) is 8.55. The Morgan fingerprint density at radius 1 is 1.25 bits per heavy atom. The van der Waals surface area contributed by atoms with Gasteiger partial charge < -0.3 is 0 Å². The van der Waals surface area contributed by atoms with Gasteiger partial charge in [0.1, 0.15) is 0 Å². The van der Waals surface area contributed by atoms with E-state index in [2.05, 4.69) is 28.7 Å².